The van der Waals surface area contributed by atoms with E-state index in [9.17, 15) is 31.2 Å². The fraction of sp³-hybridized carbons (Fsp3) is 0.143. The number of ether oxygens (including phenoxy) is 1. The van der Waals surface area contributed by atoms with Gasteiger partial charge in [0.1, 0.15) is 0 Å². The molecule has 0 bridgehead atoms. The van der Waals surface area contributed by atoms with Gasteiger partial charge in [0.05, 0.1) is 29.1 Å². The van der Waals surface area contributed by atoms with Gasteiger partial charge in [-0.2, -0.15) is 21.6 Å². The zero-order chi connectivity index (χ0) is 20.6. The molecule has 2 rings (SSSR count). The van der Waals surface area contributed by atoms with Gasteiger partial charge >= 0.3 is 22.4 Å². The summed E-state index contributed by atoms with van der Waals surface area (Å²) in [5.74, 6) is -1.75. The number of carbonyl (C=O) groups excluding carboxylic acids is 1. The van der Waals surface area contributed by atoms with Crippen molar-refractivity contribution in [3.05, 3.63) is 45.2 Å². The van der Waals surface area contributed by atoms with E-state index in [0.717, 1.165) is 19.2 Å². The number of aromatic nitrogens is 2. The Bertz CT molecular complexity index is 1150. The van der Waals surface area contributed by atoms with Gasteiger partial charge in [-0.15, -0.1) is 0 Å². The summed E-state index contributed by atoms with van der Waals surface area (Å²) in [5, 5.41) is 0.826. The number of methoxy groups -OCH3 is 1. The Morgan fingerprint density at radius 1 is 1.30 bits per heavy atom. The van der Waals surface area contributed by atoms with Crippen LogP contribution in [-0.4, -0.2) is 42.0 Å². The average Bonchev–Trinajstić information content (AvgIpc) is 2.81. The third-order valence-electron chi connectivity index (χ3n) is 3.26. The Balaban J connectivity index is 2.69. The number of rotatable bonds is 4. The number of anilines is 1. The topological polar surface area (TPSA) is 130 Å². The molecule has 0 aliphatic carbocycles. The van der Waals surface area contributed by atoms with Crippen molar-refractivity contribution in [1.29, 1.82) is 0 Å². The van der Waals surface area contributed by atoms with Crippen LogP contribution in [0.2, 0.25) is 0 Å². The number of nitrogens with one attached hydrogen (secondary N) is 2. The molecule has 0 fully saturated rings. The predicted octanol–water partition coefficient (Wildman–Crippen LogP) is -0.323. The highest BCUT2D eigenvalue weighted by molar-refractivity contribution is 7.87. The van der Waals surface area contributed by atoms with Crippen molar-refractivity contribution in [2.45, 2.75) is 6.18 Å². The van der Waals surface area contributed by atoms with Crippen molar-refractivity contribution in [2.75, 3.05) is 11.8 Å². The lowest BCUT2D eigenvalue weighted by Gasteiger charge is -2.08. The van der Waals surface area contributed by atoms with Crippen molar-refractivity contribution in [3.8, 4) is 5.69 Å². The summed E-state index contributed by atoms with van der Waals surface area (Å²) in [6.07, 6.45) is -5.16. The van der Waals surface area contributed by atoms with Gasteiger partial charge in [-0.05, 0) is 24.3 Å². The van der Waals surface area contributed by atoms with Crippen molar-refractivity contribution in [3.63, 3.8) is 0 Å². The zero-order valence-electron chi connectivity index (χ0n) is 13.5. The number of aromatic amines is 1. The Hall–Kier alpha value is -3.06. The first-order valence-electron chi connectivity index (χ1n) is 6.90. The van der Waals surface area contributed by atoms with E-state index in [0.29, 0.717) is 4.68 Å². The van der Waals surface area contributed by atoms with Crippen molar-refractivity contribution in [2.24, 2.45) is 0 Å². The molecule has 0 saturated carbocycles. The third-order valence-corrected chi connectivity index (χ3v) is 3.75. The van der Waals surface area contributed by atoms with Crippen LogP contribution in [0.3, 0.4) is 0 Å². The van der Waals surface area contributed by atoms with Gasteiger partial charge in [0.2, 0.25) is 0 Å². The number of nitrogens with zero attached hydrogens (tertiary/aromatic N) is 1. The minimum absolute atomic E-state index is 0.0171. The summed E-state index contributed by atoms with van der Waals surface area (Å²) in [5.41, 5.74) is -3.07. The standard InChI is InChI=1S/C14H12F3N3O6S/c1-7-10(11(13(22)26-2)14(15,16)17)12(21)20(18-7)9-5-3-8(4-6-9)19-27(23,24)25/h3-6,18-19H,1H2,2H3,(H,23,24,25). The summed E-state index contributed by atoms with van der Waals surface area (Å²) >= 11 is 0. The Morgan fingerprint density at radius 3 is 2.30 bits per heavy atom. The number of hydrogen-bond donors (Lipinski definition) is 3. The fourth-order valence-electron chi connectivity index (χ4n) is 2.21. The van der Waals surface area contributed by atoms with Crippen LogP contribution < -0.4 is 20.8 Å². The van der Waals surface area contributed by atoms with Crippen LogP contribution in [0.5, 0.6) is 0 Å². The number of carbonyl (C=O) groups is 1. The van der Waals surface area contributed by atoms with E-state index in [2.05, 4.69) is 16.4 Å². The number of alkyl halides is 3. The van der Waals surface area contributed by atoms with Crippen LogP contribution >= 0.6 is 0 Å². The molecule has 1 aromatic carbocycles. The SMILES string of the molecule is C=c1[nH]n(-c2ccc(NS(=O)(=O)O)cc2)c(=O)c1=C(C(=O)OC)C(F)(F)F. The van der Waals surface area contributed by atoms with Crippen LogP contribution in [0.25, 0.3) is 17.8 Å². The maximum atomic E-state index is 13.2. The number of benzene rings is 1. The first-order valence-corrected chi connectivity index (χ1v) is 8.34. The Labute approximate surface area is 149 Å². The van der Waals surface area contributed by atoms with Crippen LogP contribution in [0, 0.1) is 0 Å². The second kappa shape index (κ2) is 6.92. The van der Waals surface area contributed by atoms with Crippen molar-refractivity contribution >= 4 is 34.1 Å². The maximum absolute atomic E-state index is 13.2. The number of hydrogen-bond acceptors (Lipinski definition) is 5. The monoisotopic (exact) mass is 407 g/mol. The minimum atomic E-state index is -5.16. The fourth-order valence-corrected chi connectivity index (χ4v) is 2.65. The molecule has 0 saturated heterocycles. The van der Waals surface area contributed by atoms with Crippen LogP contribution in [0.15, 0.2) is 29.1 Å². The molecule has 1 aromatic heterocycles. The van der Waals surface area contributed by atoms with Gasteiger partial charge in [0, 0.05) is 0 Å². The molecule has 146 valence electrons. The van der Waals surface area contributed by atoms with Crippen LogP contribution in [0.4, 0.5) is 18.9 Å². The molecule has 0 spiro atoms. The van der Waals surface area contributed by atoms with E-state index in [-0.39, 0.29) is 11.4 Å². The molecule has 0 atom stereocenters. The summed E-state index contributed by atoms with van der Waals surface area (Å²) in [6, 6.07) is 4.65. The molecule has 13 heteroatoms. The van der Waals surface area contributed by atoms with Gasteiger partial charge in [-0.25, -0.2) is 9.48 Å². The molecular formula is C14H12F3N3O6S. The molecule has 9 nitrogen and oxygen atoms in total. The van der Waals surface area contributed by atoms with Gasteiger partial charge in [-0.1, -0.05) is 6.58 Å². The van der Waals surface area contributed by atoms with E-state index >= 15 is 0 Å². The van der Waals surface area contributed by atoms with E-state index in [4.69, 9.17) is 4.55 Å². The summed E-state index contributed by atoms with van der Waals surface area (Å²) in [7, 11) is -3.78. The lowest BCUT2D eigenvalue weighted by atomic mass is 10.2. The Morgan fingerprint density at radius 2 is 1.85 bits per heavy atom. The Kier molecular flexibility index (Phi) is 5.19. The summed E-state index contributed by atoms with van der Waals surface area (Å²) < 4.78 is 76.3. The second-order valence-corrected chi connectivity index (χ2v) is 6.25. The number of halogens is 3. The maximum Gasteiger partial charge on any atom is 0.424 e. The van der Waals surface area contributed by atoms with Crippen molar-refractivity contribution < 1.29 is 35.7 Å². The normalized spacial score (nSPS) is 13.2. The highest BCUT2D eigenvalue weighted by Gasteiger charge is 2.41. The molecule has 27 heavy (non-hydrogen) atoms. The van der Waals surface area contributed by atoms with E-state index in [1.165, 1.54) is 12.1 Å². The average molecular weight is 407 g/mol. The molecule has 1 heterocycles. The lowest BCUT2D eigenvalue weighted by Crippen LogP contribution is -2.42. The zero-order valence-corrected chi connectivity index (χ0v) is 14.3. The van der Waals surface area contributed by atoms with Crippen LogP contribution in [0.1, 0.15) is 0 Å². The molecule has 0 amide bonds. The van der Waals surface area contributed by atoms with E-state index in [1.54, 1.807) is 4.72 Å². The first kappa shape index (κ1) is 20.3. The van der Waals surface area contributed by atoms with Gasteiger partial charge in [0.25, 0.3) is 5.56 Å². The quantitative estimate of drug-likeness (QED) is 0.470. The largest absolute Gasteiger partial charge is 0.465 e. The molecule has 2 aromatic rings. The van der Waals surface area contributed by atoms with Gasteiger partial charge < -0.3 is 4.74 Å². The van der Waals surface area contributed by atoms with Crippen LogP contribution in [-0.2, 0) is 19.8 Å². The molecule has 0 aliphatic rings. The molecule has 0 radical (unpaired) electrons. The molecule has 0 unspecified atom stereocenters. The third kappa shape index (κ3) is 4.38. The van der Waals surface area contributed by atoms with Crippen molar-refractivity contribution in [1.82, 2.24) is 9.78 Å². The first-order chi connectivity index (χ1) is 12.3. The number of H-pyrrole nitrogens is 1. The number of esters is 1. The minimum Gasteiger partial charge on any atom is -0.465 e. The highest BCUT2D eigenvalue weighted by Crippen LogP contribution is 2.26. The van der Waals surface area contributed by atoms with Gasteiger partial charge in [-0.3, -0.25) is 19.2 Å². The smallest absolute Gasteiger partial charge is 0.424 e. The lowest BCUT2D eigenvalue weighted by molar-refractivity contribution is -0.140. The predicted molar refractivity (Wildman–Crippen MR) is 87.8 cm³/mol. The highest BCUT2D eigenvalue weighted by atomic mass is 32.2. The molecule has 3 N–H and O–H groups in total. The second-order valence-electron chi connectivity index (χ2n) is 5.09. The molecule has 0 aliphatic heterocycles. The molecular weight excluding hydrogens is 395 g/mol. The summed E-state index contributed by atoms with van der Waals surface area (Å²) in [4.78, 5) is 24.0. The van der Waals surface area contributed by atoms with E-state index < -0.39 is 44.1 Å². The van der Waals surface area contributed by atoms with Gasteiger partial charge in [0.15, 0.2) is 5.57 Å². The van der Waals surface area contributed by atoms with E-state index in [1.807, 2.05) is 0 Å². The summed E-state index contributed by atoms with van der Waals surface area (Å²) in [6.45, 7) is 3.31.